The van der Waals surface area contributed by atoms with Crippen LogP contribution in [-0.4, -0.2) is 64.2 Å². The molecule has 0 radical (unpaired) electrons. The fraction of sp³-hybridized carbons (Fsp3) is 0.500. The highest BCUT2D eigenvalue weighted by molar-refractivity contribution is 5.98. The lowest BCUT2D eigenvalue weighted by molar-refractivity contribution is -0.156. The maximum Gasteiger partial charge on any atom is 0.246 e. The van der Waals surface area contributed by atoms with Crippen molar-refractivity contribution in [1.82, 2.24) is 20.1 Å². The molecule has 4 rings (SSSR count). The van der Waals surface area contributed by atoms with E-state index in [0.717, 1.165) is 16.5 Å². The summed E-state index contributed by atoms with van der Waals surface area (Å²) in [7, 11) is 0. The van der Waals surface area contributed by atoms with Crippen LogP contribution in [0.3, 0.4) is 0 Å². The molecule has 2 aliphatic rings. The van der Waals surface area contributed by atoms with Gasteiger partial charge in [0.15, 0.2) is 0 Å². The number of hydrogen-bond donors (Lipinski definition) is 2. The van der Waals surface area contributed by atoms with E-state index >= 15 is 0 Å². The van der Waals surface area contributed by atoms with Gasteiger partial charge in [0.25, 0.3) is 0 Å². The van der Waals surface area contributed by atoms with E-state index in [-0.39, 0.29) is 29.7 Å². The van der Waals surface area contributed by atoms with Gasteiger partial charge in [-0.1, -0.05) is 39.0 Å². The number of piperazine rings is 2. The van der Waals surface area contributed by atoms with Crippen LogP contribution in [0.4, 0.5) is 0 Å². The Balaban J connectivity index is 1.46. The molecule has 1 aromatic carbocycles. The number of para-hydroxylation sites is 1. The first kappa shape index (κ1) is 19.5. The third kappa shape index (κ3) is 3.86. The number of amides is 3. The van der Waals surface area contributed by atoms with Crippen LogP contribution in [0.5, 0.6) is 0 Å². The highest BCUT2D eigenvalue weighted by Gasteiger charge is 2.44. The summed E-state index contributed by atoms with van der Waals surface area (Å²) in [4.78, 5) is 45.0. The first-order chi connectivity index (χ1) is 13.7. The molecule has 2 saturated heterocycles. The van der Waals surface area contributed by atoms with Crippen LogP contribution >= 0.6 is 0 Å². The van der Waals surface area contributed by atoms with Crippen LogP contribution in [0, 0.1) is 5.41 Å². The molecule has 154 valence electrons. The third-order valence-corrected chi connectivity index (χ3v) is 5.71. The quantitative estimate of drug-likeness (QED) is 0.828. The molecular weight excluding hydrogens is 368 g/mol. The number of aromatic nitrogens is 1. The van der Waals surface area contributed by atoms with E-state index in [0.29, 0.717) is 25.9 Å². The predicted molar refractivity (Wildman–Crippen MR) is 110 cm³/mol. The van der Waals surface area contributed by atoms with Gasteiger partial charge in [-0.2, -0.15) is 0 Å². The number of nitrogens with one attached hydrogen (secondary N) is 2. The van der Waals surface area contributed by atoms with E-state index in [4.69, 9.17) is 0 Å². The Morgan fingerprint density at radius 1 is 1.17 bits per heavy atom. The number of carbonyl (C=O) groups excluding carboxylic acids is 3. The summed E-state index contributed by atoms with van der Waals surface area (Å²) in [6, 6.07) is 6.75. The minimum Gasteiger partial charge on any atom is -0.361 e. The van der Waals surface area contributed by atoms with Crippen LogP contribution in [0.15, 0.2) is 30.5 Å². The lowest BCUT2D eigenvalue weighted by atomic mass is 9.91. The number of aromatic amines is 1. The topological polar surface area (TPSA) is 85.5 Å². The molecule has 3 amide bonds. The Labute approximate surface area is 170 Å². The molecule has 2 N–H and O–H groups in total. The number of hydrogen-bond acceptors (Lipinski definition) is 3. The fourth-order valence-corrected chi connectivity index (χ4v) is 4.25. The standard InChI is InChI=1S/C22H28N4O3/c1-22(2,3)11-19(27)25-8-9-26-18(13-25)20(28)24-17(21(26)29)10-14-12-23-16-7-5-4-6-15(14)16/h4-7,12,17-18,23H,8-11,13H2,1-3H3,(H,24,28)/t17-,18+/m1/s1. The Morgan fingerprint density at radius 3 is 2.69 bits per heavy atom. The molecule has 2 aliphatic heterocycles. The smallest absolute Gasteiger partial charge is 0.246 e. The Kier molecular flexibility index (Phi) is 4.84. The van der Waals surface area contributed by atoms with Crippen LogP contribution in [0.1, 0.15) is 32.8 Å². The van der Waals surface area contributed by atoms with Crippen molar-refractivity contribution in [3.8, 4) is 0 Å². The summed E-state index contributed by atoms with van der Waals surface area (Å²) in [5.74, 6) is -0.205. The molecule has 7 nitrogen and oxygen atoms in total. The molecule has 0 saturated carbocycles. The van der Waals surface area contributed by atoms with Gasteiger partial charge in [-0.05, 0) is 17.0 Å². The molecular formula is C22H28N4O3. The van der Waals surface area contributed by atoms with Crippen LogP contribution in [-0.2, 0) is 20.8 Å². The minimum atomic E-state index is -0.598. The number of benzene rings is 1. The summed E-state index contributed by atoms with van der Waals surface area (Å²) < 4.78 is 0. The normalized spacial score (nSPS) is 22.6. The second-order valence-corrected chi connectivity index (χ2v) is 9.25. The second kappa shape index (κ2) is 7.21. The van der Waals surface area contributed by atoms with Crippen LogP contribution in [0.2, 0.25) is 0 Å². The van der Waals surface area contributed by atoms with Crippen molar-refractivity contribution in [2.24, 2.45) is 5.41 Å². The van der Waals surface area contributed by atoms with Gasteiger partial charge in [0.05, 0.1) is 6.54 Å². The lowest BCUT2D eigenvalue weighted by Gasteiger charge is -2.45. The first-order valence-electron chi connectivity index (χ1n) is 10.2. The number of rotatable bonds is 3. The molecule has 2 fully saturated rings. The number of carbonyl (C=O) groups is 3. The number of fused-ring (bicyclic) bond motifs is 2. The monoisotopic (exact) mass is 396 g/mol. The van der Waals surface area contributed by atoms with Crippen molar-refractivity contribution in [3.05, 3.63) is 36.0 Å². The molecule has 0 spiro atoms. The molecule has 2 atom stereocenters. The van der Waals surface area contributed by atoms with E-state index in [1.165, 1.54) is 0 Å². The van der Waals surface area contributed by atoms with Gasteiger partial charge in [-0.25, -0.2) is 0 Å². The van der Waals surface area contributed by atoms with E-state index in [1.54, 1.807) is 9.80 Å². The molecule has 2 aromatic rings. The van der Waals surface area contributed by atoms with Crippen molar-refractivity contribution in [2.45, 2.75) is 45.7 Å². The van der Waals surface area contributed by atoms with Gasteiger partial charge >= 0.3 is 0 Å². The number of nitrogens with zero attached hydrogens (tertiary/aromatic N) is 2. The summed E-state index contributed by atoms with van der Waals surface area (Å²) in [6.07, 6.45) is 2.78. The average molecular weight is 396 g/mol. The first-order valence-corrected chi connectivity index (χ1v) is 10.2. The fourth-order valence-electron chi connectivity index (χ4n) is 4.25. The molecule has 0 bridgehead atoms. The van der Waals surface area contributed by atoms with Gasteiger partial charge in [0.2, 0.25) is 17.7 Å². The molecule has 3 heterocycles. The predicted octanol–water partition coefficient (Wildman–Crippen LogP) is 1.68. The zero-order valence-corrected chi connectivity index (χ0v) is 17.2. The van der Waals surface area contributed by atoms with Crippen molar-refractivity contribution < 1.29 is 14.4 Å². The summed E-state index contributed by atoms with van der Waals surface area (Å²) >= 11 is 0. The molecule has 29 heavy (non-hydrogen) atoms. The Hall–Kier alpha value is -2.83. The van der Waals surface area contributed by atoms with Gasteiger partial charge in [-0.3, -0.25) is 14.4 Å². The summed E-state index contributed by atoms with van der Waals surface area (Å²) in [6.45, 7) is 7.21. The van der Waals surface area contributed by atoms with E-state index < -0.39 is 12.1 Å². The minimum absolute atomic E-state index is 0.0401. The van der Waals surface area contributed by atoms with Gasteiger partial charge in [-0.15, -0.1) is 0 Å². The number of H-pyrrole nitrogens is 1. The highest BCUT2D eigenvalue weighted by atomic mass is 16.2. The van der Waals surface area contributed by atoms with Crippen LogP contribution < -0.4 is 5.32 Å². The Morgan fingerprint density at radius 2 is 1.93 bits per heavy atom. The van der Waals surface area contributed by atoms with Crippen LogP contribution in [0.25, 0.3) is 10.9 Å². The largest absolute Gasteiger partial charge is 0.361 e. The average Bonchev–Trinajstić information content (AvgIpc) is 3.07. The highest BCUT2D eigenvalue weighted by Crippen LogP contribution is 2.25. The van der Waals surface area contributed by atoms with Crippen molar-refractivity contribution in [2.75, 3.05) is 19.6 Å². The summed E-state index contributed by atoms with van der Waals surface area (Å²) in [5, 5.41) is 3.96. The summed E-state index contributed by atoms with van der Waals surface area (Å²) in [5.41, 5.74) is 1.92. The zero-order chi connectivity index (χ0) is 20.8. The lowest BCUT2D eigenvalue weighted by Crippen LogP contribution is -2.70. The van der Waals surface area contributed by atoms with E-state index in [2.05, 4.69) is 10.3 Å². The van der Waals surface area contributed by atoms with E-state index in [1.807, 2.05) is 51.2 Å². The van der Waals surface area contributed by atoms with Crippen molar-refractivity contribution >= 4 is 28.6 Å². The van der Waals surface area contributed by atoms with Gasteiger partial charge in [0, 0.05) is 43.0 Å². The third-order valence-electron chi connectivity index (χ3n) is 5.71. The van der Waals surface area contributed by atoms with E-state index in [9.17, 15) is 14.4 Å². The molecule has 0 unspecified atom stereocenters. The van der Waals surface area contributed by atoms with Crippen molar-refractivity contribution in [1.29, 1.82) is 0 Å². The molecule has 1 aromatic heterocycles. The van der Waals surface area contributed by atoms with Gasteiger partial charge < -0.3 is 20.1 Å². The van der Waals surface area contributed by atoms with Gasteiger partial charge in [0.1, 0.15) is 12.1 Å². The zero-order valence-electron chi connectivity index (χ0n) is 17.2. The SMILES string of the molecule is CC(C)(C)CC(=O)N1CCN2C(=O)[C@@H](Cc3c[nH]c4ccccc34)NC(=O)[C@@H]2C1. The van der Waals surface area contributed by atoms with Crippen molar-refractivity contribution in [3.63, 3.8) is 0 Å². The second-order valence-electron chi connectivity index (χ2n) is 9.25. The molecule has 0 aliphatic carbocycles. The molecule has 7 heteroatoms. The maximum absolute atomic E-state index is 13.1. The maximum atomic E-state index is 13.1. The Bertz CT molecular complexity index is 958.